The molecular formula is C29H33ClF3N8O9PS. The van der Waals surface area contributed by atoms with Gasteiger partial charge >= 0.3 is 19.9 Å². The first kappa shape index (κ1) is 39.1. The highest BCUT2D eigenvalue weighted by Gasteiger charge is 2.44. The normalized spacial score (nSPS) is 20.5. The summed E-state index contributed by atoms with van der Waals surface area (Å²) in [5, 5.41) is 14.9. The van der Waals surface area contributed by atoms with Crippen molar-refractivity contribution >= 4 is 58.3 Å². The Labute approximate surface area is 299 Å². The Bertz CT molecular complexity index is 2080. The van der Waals surface area contributed by atoms with Gasteiger partial charge in [0, 0.05) is 23.6 Å². The average Bonchev–Trinajstić information content (AvgIpc) is 3.61. The van der Waals surface area contributed by atoms with E-state index in [0.29, 0.717) is 5.02 Å². The highest BCUT2D eigenvalue weighted by molar-refractivity contribution is 7.88. The average molecular weight is 793 g/mol. The molecule has 5 rings (SSSR count). The molecule has 0 saturated carbocycles. The predicted octanol–water partition coefficient (Wildman–Crippen LogP) is 3.41. The summed E-state index contributed by atoms with van der Waals surface area (Å²) in [7, 11) is -6.79. The number of carbonyl (C=O) groups excluding carboxylic acids is 1. The maximum Gasteiger partial charge on any atom is 0.459 e. The topological polar surface area (TPSA) is 222 Å². The largest absolute Gasteiger partial charge is 0.460 e. The summed E-state index contributed by atoms with van der Waals surface area (Å²) in [6.07, 6.45) is -5.70. The second kappa shape index (κ2) is 15.5. The van der Waals surface area contributed by atoms with Crippen molar-refractivity contribution in [3.05, 3.63) is 71.0 Å². The molecule has 3 unspecified atom stereocenters. The number of aromatic nitrogens is 4. The number of anilines is 2. The Morgan fingerprint density at radius 1 is 1.19 bits per heavy atom. The molecule has 17 nitrogen and oxygen atoms in total. The Hall–Kier alpha value is -4.08. The molecule has 5 N–H and O–H groups in total. The van der Waals surface area contributed by atoms with Gasteiger partial charge < -0.3 is 24.8 Å². The molecule has 1 aliphatic rings. The smallest absolute Gasteiger partial charge is 0.459 e. The number of benzene rings is 2. The zero-order valence-corrected chi connectivity index (χ0v) is 30.0. The number of rotatable bonds is 14. The summed E-state index contributed by atoms with van der Waals surface area (Å²) in [4.78, 5) is 27.4. The quantitative estimate of drug-likeness (QED) is 0.0816. The fourth-order valence-electron chi connectivity index (χ4n) is 5.18. The number of hydrazine groups is 1. The van der Waals surface area contributed by atoms with E-state index in [1.54, 1.807) is 6.92 Å². The highest BCUT2D eigenvalue weighted by Crippen LogP contribution is 2.46. The van der Waals surface area contributed by atoms with Crippen LogP contribution in [0.25, 0.3) is 11.2 Å². The maximum atomic E-state index is 13.9. The number of nitrogens with two attached hydrogens (primary N) is 1. The van der Waals surface area contributed by atoms with E-state index in [4.69, 9.17) is 35.9 Å². The minimum absolute atomic E-state index is 0.0140. The van der Waals surface area contributed by atoms with E-state index >= 15 is 0 Å². The number of fused-ring (bicyclic) bond motifs is 1. The zero-order valence-electron chi connectivity index (χ0n) is 27.5. The van der Waals surface area contributed by atoms with E-state index in [9.17, 15) is 36.1 Å². The van der Waals surface area contributed by atoms with Gasteiger partial charge in [-0.1, -0.05) is 36.7 Å². The summed E-state index contributed by atoms with van der Waals surface area (Å²) >= 11 is 5.94. The van der Waals surface area contributed by atoms with Crippen LogP contribution in [0.1, 0.15) is 24.3 Å². The number of esters is 1. The monoisotopic (exact) mass is 792 g/mol. The van der Waals surface area contributed by atoms with Crippen LogP contribution in [0.4, 0.5) is 24.9 Å². The fourth-order valence-corrected chi connectivity index (χ4v) is 7.16. The van der Waals surface area contributed by atoms with Gasteiger partial charge in [-0.05, 0) is 30.3 Å². The van der Waals surface area contributed by atoms with Crippen LogP contribution in [-0.4, -0.2) is 77.7 Å². The SMILES string of the molecule is CC1C(n2cnc3c(N(C)NS(C)(=O)=O)nc(N)nc32)O[C@H](COP(=O)(NCC(=O)OCc2ccccc2C(F)(F)F)Oc2ccc(Cl)cc2)[C@H]1O. The fraction of sp³-hybridized carbons (Fsp3) is 0.379. The molecule has 5 atom stereocenters. The first-order valence-corrected chi connectivity index (χ1v) is 18.9. The van der Waals surface area contributed by atoms with Crippen LogP contribution in [0.2, 0.25) is 5.02 Å². The van der Waals surface area contributed by atoms with Crippen molar-refractivity contribution in [3.8, 4) is 5.75 Å². The number of sulfonamides is 1. The van der Waals surface area contributed by atoms with E-state index < -0.39 is 79.6 Å². The lowest BCUT2D eigenvalue weighted by atomic mass is 10.0. The van der Waals surface area contributed by atoms with Crippen molar-refractivity contribution in [1.82, 2.24) is 29.4 Å². The summed E-state index contributed by atoms with van der Waals surface area (Å²) in [6, 6.07) is 10.2. The molecule has 1 aliphatic heterocycles. The van der Waals surface area contributed by atoms with Gasteiger partial charge in [-0.2, -0.15) is 23.1 Å². The minimum Gasteiger partial charge on any atom is -0.460 e. The summed E-state index contributed by atoms with van der Waals surface area (Å²) in [6.45, 7) is -0.422. The molecule has 0 aliphatic carbocycles. The second-order valence-corrected chi connectivity index (χ2v) is 15.5. The van der Waals surface area contributed by atoms with Crippen LogP contribution in [0.3, 0.4) is 0 Å². The van der Waals surface area contributed by atoms with Crippen molar-refractivity contribution in [2.45, 2.75) is 38.1 Å². The molecule has 1 saturated heterocycles. The molecule has 4 aromatic rings. The van der Waals surface area contributed by atoms with Gasteiger partial charge in [-0.15, -0.1) is 4.83 Å². The van der Waals surface area contributed by atoms with Gasteiger partial charge in [0.05, 0.1) is 30.9 Å². The molecule has 23 heteroatoms. The number of aliphatic hydroxyl groups excluding tert-OH is 1. The first-order chi connectivity index (χ1) is 24.3. The summed E-state index contributed by atoms with van der Waals surface area (Å²) in [5.74, 6) is -1.90. The van der Waals surface area contributed by atoms with E-state index in [1.165, 1.54) is 54.3 Å². The number of hydrogen-bond acceptors (Lipinski definition) is 14. The van der Waals surface area contributed by atoms with Crippen LogP contribution in [0.5, 0.6) is 5.75 Å². The molecule has 0 radical (unpaired) electrons. The van der Waals surface area contributed by atoms with E-state index in [0.717, 1.165) is 23.4 Å². The van der Waals surface area contributed by atoms with Crippen molar-refractivity contribution in [2.24, 2.45) is 5.92 Å². The number of halogens is 4. The lowest BCUT2D eigenvalue weighted by Crippen LogP contribution is -2.39. The summed E-state index contributed by atoms with van der Waals surface area (Å²) in [5.41, 5.74) is 4.95. The molecule has 1 fully saturated rings. The number of aliphatic hydroxyl groups is 1. The zero-order chi connectivity index (χ0) is 38.0. The van der Waals surface area contributed by atoms with Crippen LogP contribution in [0.15, 0.2) is 54.9 Å². The first-order valence-electron chi connectivity index (χ1n) is 15.1. The number of nitrogens with zero attached hydrogens (tertiary/aromatic N) is 5. The molecule has 52 heavy (non-hydrogen) atoms. The van der Waals surface area contributed by atoms with Crippen LogP contribution in [0, 0.1) is 5.92 Å². The number of carbonyl (C=O) groups is 1. The third-order valence-corrected chi connectivity index (χ3v) is 9.92. The molecule has 2 aromatic heterocycles. The third-order valence-electron chi connectivity index (χ3n) is 7.58. The molecule has 0 spiro atoms. The molecule has 3 heterocycles. The number of imidazole rings is 1. The van der Waals surface area contributed by atoms with Gasteiger partial charge in [-0.25, -0.2) is 23.1 Å². The lowest BCUT2D eigenvalue weighted by molar-refractivity contribution is -0.146. The maximum absolute atomic E-state index is 13.9. The Kier molecular flexibility index (Phi) is 11.7. The molecule has 0 bridgehead atoms. The third kappa shape index (κ3) is 9.47. The molecule has 282 valence electrons. The number of ether oxygens (including phenoxy) is 2. The van der Waals surface area contributed by atoms with Crippen LogP contribution in [-0.2, 0) is 46.2 Å². The highest BCUT2D eigenvalue weighted by atomic mass is 35.5. The van der Waals surface area contributed by atoms with E-state index in [2.05, 4.69) is 24.9 Å². The van der Waals surface area contributed by atoms with E-state index in [1.807, 2.05) is 0 Å². The van der Waals surface area contributed by atoms with Gasteiger partial charge in [0.25, 0.3) is 0 Å². The number of hydrogen-bond donors (Lipinski definition) is 4. The van der Waals surface area contributed by atoms with Crippen molar-refractivity contribution in [2.75, 3.05) is 37.2 Å². The number of alkyl halides is 3. The number of nitrogen functional groups attached to an aromatic ring is 1. The number of nitrogens with one attached hydrogen (secondary N) is 2. The van der Waals surface area contributed by atoms with Crippen LogP contribution >= 0.6 is 19.3 Å². The Balaban J connectivity index is 1.30. The lowest BCUT2D eigenvalue weighted by Gasteiger charge is -2.22. The molecular weight excluding hydrogens is 760 g/mol. The van der Waals surface area contributed by atoms with Crippen molar-refractivity contribution in [1.29, 1.82) is 0 Å². The van der Waals surface area contributed by atoms with Crippen LogP contribution < -0.4 is 25.2 Å². The Morgan fingerprint density at radius 2 is 1.88 bits per heavy atom. The summed E-state index contributed by atoms with van der Waals surface area (Å²) < 4.78 is 101. The predicted molar refractivity (Wildman–Crippen MR) is 180 cm³/mol. The van der Waals surface area contributed by atoms with Gasteiger partial charge in [0.15, 0.2) is 17.0 Å². The molecule has 0 amide bonds. The Morgan fingerprint density at radius 3 is 2.56 bits per heavy atom. The van der Waals surface area contributed by atoms with Crippen molar-refractivity contribution in [3.63, 3.8) is 0 Å². The second-order valence-electron chi connectivity index (χ2n) is 11.6. The standard InChI is InChI=1S/C29H33ClF3N8O9PS/c1-16-24(43)21(49-27(16)41-15-35-23-25(37-28(34)38-26(23)41)40(2)39-52(3,45)46)14-48-51(44,50-19-10-8-18(30)9-11-19)36-12-22(42)47-13-17-6-4-5-7-20(17)29(31,32)33/h4-11,15-16,21,24,27,39,43H,12-14H2,1-3H3,(H,36,44)(H2,34,37,38)/t16?,21-,24+,27?,51?/m1/s1. The van der Waals surface area contributed by atoms with Gasteiger partial charge in [0.1, 0.15) is 31.2 Å². The van der Waals surface area contributed by atoms with E-state index in [-0.39, 0.29) is 34.2 Å². The minimum atomic E-state index is -4.68. The molecule has 2 aromatic carbocycles. The van der Waals surface area contributed by atoms with Gasteiger partial charge in [0.2, 0.25) is 16.0 Å². The van der Waals surface area contributed by atoms with Gasteiger partial charge in [-0.3, -0.25) is 18.9 Å². The van der Waals surface area contributed by atoms with Crippen molar-refractivity contribution < 1.29 is 54.6 Å².